The molecule has 88 valence electrons. The van der Waals surface area contributed by atoms with Gasteiger partial charge in [0, 0.05) is 11.6 Å². The summed E-state index contributed by atoms with van der Waals surface area (Å²) in [5.74, 6) is 1.61. The molecule has 4 nitrogen and oxygen atoms in total. The van der Waals surface area contributed by atoms with E-state index in [1.807, 2.05) is 0 Å². The molecule has 0 saturated heterocycles. The van der Waals surface area contributed by atoms with E-state index in [1.165, 1.54) is 6.26 Å². The Kier molecular flexibility index (Phi) is 2.35. The Hall–Kier alpha value is -1.84. The smallest absolute Gasteiger partial charge is 0.274 e. The Morgan fingerprint density at radius 1 is 1.59 bits per heavy atom. The van der Waals surface area contributed by atoms with Gasteiger partial charge >= 0.3 is 0 Å². The third kappa shape index (κ3) is 1.69. The standard InChI is InChI=1S/C13H14N2O2/c1-8-10(5-6-17-8)13(16)15-14-12-7-9-3-2-4-11(9)12/h2-3,5-6,9,11H,4,7H2,1H3,(H,15,16)/b14-12-/t9-,11-/m0/s1. The number of hydrogen-bond donors (Lipinski definition) is 1. The van der Waals surface area contributed by atoms with E-state index in [2.05, 4.69) is 22.7 Å². The van der Waals surface area contributed by atoms with Crippen LogP contribution in [0.3, 0.4) is 0 Å². The van der Waals surface area contributed by atoms with Crippen LogP contribution < -0.4 is 5.43 Å². The fourth-order valence-corrected chi connectivity index (χ4v) is 2.47. The van der Waals surface area contributed by atoms with Crippen LogP contribution in [0.1, 0.15) is 29.0 Å². The van der Waals surface area contributed by atoms with Gasteiger partial charge in [0.2, 0.25) is 0 Å². The minimum atomic E-state index is -0.196. The molecule has 1 amide bonds. The molecule has 3 rings (SSSR count). The molecule has 0 radical (unpaired) electrons. The first-order valence-electron chi connectivity index (χ1n) is 5.83. The van der Waals surface area contributed by atoms with Crippen LogP contribution in [-0.2, 0) is 0 Å². The Morgan fingerprint density at radius 2 is 2.47 bits per heavy atom. The summed E-state index contributed by atoms with van der Waals surface area (Å²) in [7, 11) is 0. The van der Waals surface area contributed by atoms with Crippen LogP contribution in [0, 0.1) is 18.8 Å². The van der Waals surface area contributed by atoms with Gasteiger partial charge in [0.05, 0.1) is 11.8 Å². The summed E-state index contributed by atoms with van der Waals surface area (Å²) in [6.07, 6.45) is 7.99. The summed E-state index contributed by atoms with van der Waals surface area (Å²) in [6, 6.07) is 1.66. The highest BCUT2D eigenvalue weighted by Gasteiger charge is 2.38. The van der Waals surface area contributed by atoms with Gasteiger partial charge < -0.3 is 4.42 Å². The molecule has 1 N–H and O–H groups in total. The van der Waals surface area contributed by atoms with Crippen LogP contribution in [0.5, 0.6) is 0 Å². The summed E-state index contributed by atoms with van der Waals surface area (Å²) in [5, 5.41) is 4.20. The molecule has 1 aromatic heterocycles. The molecule has 1 fully saturated rings. The number of nitrogens with zero attached hydrogens (tertiary/aromatic N) is 1. The van der Waals surface area contributed by atoms with Gasteiger partial charge in [-0.2, -0.15) is 5.10 Å². The zero-order valence-electron chi connectivity index (χ0n) is 9.64. The van der Waals surface area contributed by atoms with Crippen molar-refractivity contribution in [3.8, 4) is 0 Å². The van der Waals surface area contributed by atoms with Crippen molar-refractivity contribution in [3.63, 3.8) is 0 Å². The first-order chi connectivity index (χ1) is 8.25. The lowest BCUT2D eigenvalue weighted by Gasteiger charge is -2.31. The maximum absolute atomic E-state index is 11.8. The van der Waals surface area contributed by atoms with E-state index >= 15 is 0 Å². The van der Waals surface area contributed by atoms with Crippen molar-refractivity contribution in [1.29, 1.82) is 0 Å². The summed E-state index contributed by atoms with van der Waals surface area (Å²) in [4.78, 5) is 11.8. The highest BCUT2D eigenvalue weighted by atomic mass is 16.3. The average Bonchev–Trinajstić information content (AvgIpc) is 2.86. The molecular weight excluding hydrogens is 216 g/mol. The van der Waals surface area contributed by atoms with Gasteiger partial charge in [-0.1, -0.05) is 12.2 Å². The lowest BCUT2D eigenvalue weighted by Crippen LogP contribution is -2.35. The third-order valence-electron chi connectivity index (χ3n) is 3.57. The number of nitrogens with one attached hydrogen (secondary N) is 1. The van der Waals surface area contributed by atoms with Gasteiger partial charge in [-0.15, -0.1) is 0 Å². The zero-order valence-corrected chi connectivity index (χ0v) is 9.64. The van der Waals surface area contributed by atoms with Crippen LogP contribution >= 0.6 is 0 Å². The van der Waals surface area contributed by atoms with Crippen molar-refractivity contribution in [1.82, 2.24) is 5.43 Å². The predicted molar refractivity (Wildman–Crippen MR) is 63.7 cm³/mol. The minimum absolute atomic E-state index is 0.196. The van der Waals surface area contributed by atoms with E-state index in [-0.39, 0.29) is 5.91 Å². The van der Waals surface area contributed by atoms with Crippen molar-refractivity contribution < 1.29 is 9.21 Å². The molecule has 0 spiro atoms. The fraction of sp³-hybridized carbons (Fsp3) is 0.385. The van der Waals surface area contributed by atoms with Crippen LogP contribution in [0.25, 0.3) is 0 Å². The monoisotopic (exact) mass is 230 g/mol. The molecule has 2 atom stereocenters. The molecule has 1 aromatic rings. The molecule has 0 unspecified atom stereocenters. The van der Waals surface area contributed by atoms with Gasteiger partial charge in [-0.25, -0.2) is 5.43 Å². The maximum atomic E-state index is 11.8. The van der Waals surface area contributed by atoms with E-state index in [1.54, 1.807) is 13.0 Å². The second kappa shape index (κ2) is 3.87. The van der Waals surface area contributed by atoms with Crippen molar-refractivity contribution in [3.05, 3.63) is 35.8 Å². The summed E-state index contributed by atoms with van der Waals surface area (Å²) < 4.78 is 5.08. The van der Waals surface area contributed by atoms with E-state index in [0.29, 0.717) is 23.2 Å². The second-order valence-electron chi connectivity index (χ2n) is 4.57. The molecule has 0 bridgehead atoms. The van der Waals surface area contributed by atoms with Gasteiger partial charge in [-0.05, 0) is 31.7 Å². The summed E-state index contributed by atoms with van der Waals surface area (Å²) in [5.41, 5.74) is 4.26. The normalized spacial score (nSPS) is 27.9. The van der Waals surface area contributed by atoms with E-state index in [0.717, 1.165) is 18.6 Å². The van der Waals surface area contributed by atoms with Crippen LogP contribution in [0.15, 0.2) is 34.0 Å². The fourth-order valence-electron chi connectivity index (χ4n) is 2.47. The Morgan fingerprint density at radius 3 is 3.18 bits per heavy atom. The lowest BCUT2D eigenvalue weighted by molar-refractivity contribution is 0.0952. The van der Waals surface area contributed by atoms with Crippen molar-refractivity contribution in [2.75, 3.05) is 0 Å². The molecule has 0 aromatic carbocycles. The number of fused-ring (bicyclic) bond motifs is 1. The first-order valence-corrected chi connectivity index (χ1v) is 5.83. The number of carbonyl (C=O) groups excluding carboxylic acids is 1. The van der Waals surface area contributed by atoms with Crippen molar-refractivity contribution >= 4 is 11.6 Å². The highest BCUT2D eigenvalue weighted by Crippen LogP contribution is 2.40. The molecule has 0 aliphatic heterocycles. The summed E-state index contributed by atoms with van der Waals surface area (Å²) in [6.45, 7) is 1.77. The number of carbonyl (C=O) groups is 1. The van der Waals surface area contributed by atoms with Crippen LogP contribution in [0.2, 0.25) is 0 Å². The molecular formula is C13H14N2O2. The number of amides is 1. The van der Waals surface area contributed by atoms with Crippen LogP contribution in [-0.4, -0.2) is 11.6 Å². The Balaban J connectivity index is 1.64. The third-order valence-corrected chi connectivity index (χ3v) is 3.57. The molecule has 1 saturated carbocycles. The van der Waals surface area contributed by atoms with Crippen molar-refractivity contribution in [2.45, 2.75) is 19.8 Å². The van der Waals surface area contributed by atoms with Gasteiger partial charge in [0.15, 0.2) is 0 Å². The SMILES string of the molecule is Cc1occc1C(=O)N/N=C1/C[C@@H]2C=CC[C@H]12. The molecule has 2 aliphatic carbocycles. The lowest BCUT2D eigenvalue weighted by atomic mass is 9.74. The van der Waals surface area contributed by atoms with Crippen molar-refractivity contribution in [2.24, 2.45) is 16.9 Å². The first kappa shape index (κ1) is 10.3. The maximum Gasteiger partial charge on any atom is 0.274 e. The van der Waals surface area contributed by atoms with Gasteiger partial charge in [-0.3, -0.25) is 4.79 Å². The summed E-state index contributed by atoms with van der Waals surface area (Å²) >= 11 is 0. The van der Waals surface area contributed by atoms with E-state index < -0.39 is 0 Å². The number of furan rings is 1. The molecule has 2 aliphatic rings. The number of aryl methyl sites for hydroxylation is 1. The van der Waals surface area contributed by atoms with Crippen LogP contribution in [0.4, 0.5) is 0 Å². The number of hydrazone groups is 1. The predicted octanol–water partition coefficient (Wildman–Crippen LogP) is 2.27. The Labute approximate surface area is 99.4 Å². The zero-order chi connectivity index (χ0) is 11.8. The molecule has 4 heteroatoms. The second-order valence-corrected chi connectivity index (χ2v) is 4.57. The average molecular weight is 230 g/mol. The topological polar surface area (TPSA) is 54.6 Å². The number of rotatable bonds is 2. The largest absolute Gasteiger partial charge is 0.469 e. The number of allylic oxidation sites excluding steroid dienone is 2. The molecule has 1 heterocycles. The Bertz CT molecular complexity index is 513. The minimum Gasteiger partial charge on any atom is -0.469 e. The van der Waals surface area contributed by atoms with E-state index in [4.69, 9.17) is 4.42 Å². The number of hydrogen-bond acceptors (Lipinski definition) is 3. The highest BCUT2D eigenvalue weighted by molar-refractivity contribution is 5.98. The van der Waals surface area contributed by atoms with Gasteiger partial charge in [0.25, 0.3) is 5.91 Å². The quantitative estimate of drug-likeness (QED) is 0.626. The van der Waals surface area contributed by atoms with E-state index in [9.17, 15) is 4.79 Å². The molecule has 17 heavy (non-hydrogen) atoms. The van der Waals surface area contributed by atoms with Gasteiger partial charge in [0.1, 0.15) is 5.76 Å².